The number of sulfonamides is 1. The molecule has 0 aromatic heterocycles. The number of alkyl halides is 2. The maximum Gasteiger partial charge on any atom is 0.255 e. The largest absolute Gasteiger partial charge is 0.336 e. The molecule has 0 radical (unpaired) electrons. The second kappa shape index (κ2) is 5.84. The highest BCUT2D eigenvalue weighted by atomic mass is 32.2. The first kappa shape index (κ1) is 16.5. The summed E-state index contributed by atoms with van der Waals surface area (Å²) in [5, 5.41) is 5.08. The lowest BCUT2D eigenvalue weighted by atomic mass is 10.1. The SMILES string of the molecule is Cc1cc(C(=O)N(C)CC(F)F)cc(S(N)(=O)=O)c1C. The van der Waals surface area contributed by atoms with Crippen LogP contribution in [0, 0.1) is 13.8 Å². The van der Waals surface area contributed by atoms with Crippen molar-refractivity contribution in [3.63, 3.8) is 0 Å². The first-order valence-corrected chi connectivity index (χ1v) is 7.26. The van der Waals surface area contributed by atoms with Gasteiger partial charge in [0.15, 0.2) is 0 Å². The van der Waals surface area contributed by atoms with Gasteiger partial charge < -0.3 is 4.90 Å². The molecule has 20 heavy (non-hydrogen) atoms. The van der Waals surface area contributed by atoms with Crippen molar-refractivity contribution in [2.45, 2.75) is 25.2 Å². The molecule has 0 bridgehead atoms. The Morgan fingerprint density at radius 1 is 1.35 bits per heavy atom. The maximum absolute atomic E-state index is 12.3. The normalized spacial score (nSPS) is 11.8. The number of hydrogen-bond donors (Lipinski definition) is 1. The van der Waals surface area contributed by atoms with Crippen molar-refractivity contribution >= 4 is 15.9 Å². The van der Waals surface area contributed by atoms with Gasteiger partial charge in [-0.1, -0.05) is 0 Å². The Labute approximate surface area is 116 Å². The summed E-state index contributed by atoms with van der Waals surface area (Å²) in [6.07, 6.45) is -2.66. The Morgan fingerprint density at radius 2 is 1.90 bits per heavy atom. The molecule has 1 aromatic rings. The molecular weight excluding hydrogens is 290 g/mol. The first-order chi connectivity index (χ1) is 9.04. The summed E-state index contributed by atoms with van der Waals surface area (Å²) in [5.41, 5.74) is 0.992. The van der Waals surface area contributed by atoms with Gasteiger partial charge in [0, 0.05) is 12.6 Å². The number of carbonyl (C=O) groups is 1. The molecule has 112 valence electrons. The highest BCUT2D eigenvalue weighted by molar-refractivity contribution is 7.89. The van der Waals surface area contributed by atoms with Gasteiger partial charge in [-0.15, -0.1) is 0 Å². The zero-order valence-electron chi connectivity index (χ0n) is 11.4. The fourth-order valence-electron chi connectivity index (χ4n) is 1.76. The van der Waals surface area contributed by atoms with Crippen LogP contribution in [0.1, 0.15) is 21.5 Å². The van der Waals surface area contributed by atoms with E-state index in [1.54, 1.807) is 13.8 Å². The van der Waals surface area contributed by atoms with E-state index in [-0.39, 0.29) is 10.5 Å². The van der Waals surface area contributed by atoms with Gasteiger partial charge in [-0.3, -0.25) is 4.79 Å². The van der Waals surface area contributed by atoms with Crippen LogP contribution < -0.4 is 5.14 Å². The number of amides is 1. The zero-order chi connectivity index (χ0) is 15.7. The predicted molar refractivity (Wildman–Crippen MR) is 70.3 cm³/mol. The summed E-state index contributed by atoms with van der Waals surface area (Å²) in [6.45, 7) is 2.45. The summed E-state index contributed by atoms with van der Waals surface area (Å²) in [4.78, 5) is 12.6. The number of carbonyl (C=O) groups excluding carboxylic acids is 1. The summed E-state index contributed by atoms with van der Waals surface area (Å²) >= 11 is 0. The van der Waals surface area contributed by atoms with Gasteiger partial charge in [-0.05, 0) is 37.1 Å². The molecule has 0 heterocycles. The third-order valence-corrected chi connectivity index (χ3v) is 3.97. The smallest absolute Gasteiger partial charge is 0.255 e. The van der Waals surface area contributed by atoms with Crippen molar-refractivity contribution in [3.05, 3.63) is 28.8 Å². The third-order valence-electron chi connectivity index (χ3n) is 2.93. The summed E-state index contributed by atoms with van der Waals surface area (Å²) in [6, 6.07) is 2.57. The third kappa shape index (κ3) is 3.73. The average Bonchev–Trinajstić information content (AvgIpc) is 2.29. The number of primary sulfonamides is 1. The van der Waals surface area contributed by atoms with Gasteiger partial charge in [0.1, 0.15) is 0 Å². The maximum atomic E-state index is 12.3. The number of hydrogen-bond acceptors (Lipinski definition) is 3. The minimum Gasteiger partial charge on any atom is -0.336 e. The Balaban J connectivity index is 3.28. The van der Waals surface area contributed by atoms with Crippen LogP contribution in [0.15, 0.2) is 17.0 Å². The van der Waals surface area contributed by atoms with Gasteiger partial charge >= 0.3 is 0 Å². The lowest BCUT2D eigenvalue weighted by Crippen LogP contribution is -2.31. The van der Waals surface area contributed by atoms with E-state index in [0.717, 1.165) is 11.0 Å². The number of aryl methyl sites for hydroxylation is 1. The molecule has 5 nitrogen and oxygen atoms in total. The molecule has 0 fully saturated rings. The van der Waals surface area contributed by atoms with Gasteiger partial charge in [0.25, 0.3) is 12.3 Å². The minimum atomic E-state index is -3.98. The standard InChI is InChI=1S/C12H16F2N2O3S/c1-7-4-9(12(17)16(3)6-11(13)14)5-10(8(7)2)20(15,18)19/h4-5,11H,6H2,1-3H3,(H2,15,18,19). The molecular formula is C12H16F2N2O3S. The molecule has 0 atom stereocenters. The van der Waals surface area contributed by atoms with E-state index in [1.165, 1.54) is 13.1 Å². The van der Waals surface area contributed by atoms with Crippen LogP contribution in [0.5, 0.6) is 0 Å². The molecule has 0 aliphatic heterocycles. The van der Waals surface area contributed by atoms with Gasteiger partial charge in [-0.25, -0.2) is 22.3 Å². The number of halogens is 2. The second-order valence-corrected chi connectivity index (χ2v) is 6.07. The van der Waals surface area contributed by atoms with E-state index in [0.29, 0.717) is 11.1 Å². The van der Waals surface area contributed by atoms with E-state index in [2.05, 4.69) is 0 Å². The summed E-state index contributed by atoms with van der Waals surface area (Å²) in [7, 11) is -2.76. The van der Waals surface area contributed by atoms with Crippen LogP contribution in [0.2, 0.25) is 0 Å². The Kier molecular flexibility index (Phi) is 4.82. The Bertz CT molecular complexity index is 630. The van der Waals surface area contributed by atoms with Crippen molar-refractivity contribution in [1.82, 2.24) is 4.90 Å². The molecule has 0 saturated carbocycles. The summed E-state index contributed by atoms with van der Waals surface area (Å²) in [5.74, 6) is -0.682. The topological polar surface area (TPSA) is 80.5 Å². The molecule has 1 aromatic carbocycles. The monoisotopic (exact) mass is 306 g/mol. The van der Waals surface area contributed by atoms with Crippen molar-refractivity contribution in [2.75, 3.05) is 13.6 Å². The van der Waals surface area contributed by atoms with E-state index in [9.17, 15) is 22.0 Å². The molecule has 8 heteroatoms. The minimum absolute atomic E-state index is 0.0141. The number of benzene rings is 1. The predicted octanol–water partition coefficient (Wildman–Crippen LogP) is 1.29. The van der Waals surface area contributed by atoms with Crippen LogP contribution >= 0.6 is 0 Å². The highest BCUT2D eigenvalue weighted by Crippen LogP contribution is 2.21. The Hall–Kier alpha value is -1.54. The van der Waals surface area contributed by atoms with Crippen LogP contribution in [0.3, 0.4) is 0 Å². The molecule has 2 N–H and O–H groups in total. The number of nitrogens with two attached hydrogens (primary N) is 1. The molecule has 0 unspecified atom stereocenters. The van der Waals surface area contributed by atoms with Gasteiger partial charge in [0.2, 0.25) is 10.0 Å². The van der Waals surface area contributed by atoms with Crippen LogP contribution in [-0.2, 0) is 10.0 Å². The van der Waals surface area contributed by atoms with Gasteiger partial charge in [0.05, 0.1) is 11.4 Å². The lowest BCUT2D eigenvalue weighted by Gasteiger charge is -2.18. The van der Waals surface area contributed by atoms with Gasteiger partial charge in [-0.2, -0.15) is 0 Å². The van der Waals surface area contributed by atoms with Crippen molar-refractivity contribution in [3.8, 4) is 0 Å². The molecule has 0 aliphatic carbocycles. The molecule has 1 rings (SSSR count). The molecule has 1 amide bonds. The first-order valence-electron chi connectivity index (χ1n) is 5.71. The average molecular weight is 306 g/mol. The Morgan fingerprint density at radius 3 is 2.35 bits per heavy atom. The van der Waals surface area contributed by atoms with Crippen LogP contribution in [0.25, 0.3) is 0 Å². The molecule has 0 aliphatic rings. The van der Waals surface area contributed by atoms with E-state index >= 15 is 0 Å². The fourth-order valence-corrected chi connectivity index (χ4v) is 2.64. The lowest BCUT2D eigenvalue weighted by molar-refractivity contribution is 0.0620. The van der Waals surface area contributed by atoms with E-state index in [4.69, 9.17) is 5.14 Å². The zero-order valence-corrected chi connectivity index (χ0v) is 12.2. The van der Waals surface area contributed by atoms with Crippen LogP contribution in [0.4, 0.5) is 8.78 Å². The number of rotatable bonds is 4. The fraction of sp³-hybridized carbons (Fsp3) is 0.417. The molecule has 0 saturated heterocycles. The molecule has 0 spiro atoms. The quantitative estimate of drug-likeness (QED) is 0.910. The van der Waals surface area contributed by atoms with E-state index < -0.39 is 28.9 Å². The second-order valence-electron chi connectivity index (χ2n) is 4.54. The summed E-state index contributed by atoms with van der Waals surface area (Å²) < 4.78 is 47.4. The van der Waals surface area contributed by atoms with Crippen LogP contribution in [-0.4, -0.2) is 39.2 Å². The number of nitrogens with zero attached hydrogens (tertiary/aromatic N) is 1. The van der Waals surface area contributed by atoms with Crippen molar-refractivity contribution in [2.24, 2.45) is 5.14 Å². The van der Waals surface area contributed by atoms with Crippen molar-refractivity contribution in [1.29, 1.82) is 0 Å². The highest BCUT2D eigenvalue weighted by Gasteiger charge is 2.20. The van der Waals surface area contributed by atoms with E-state index in [1.807, 2.05) is 0 Å². The van der Waals surface area contributed by atoms with Crippen molar-refractivity contribution < 1.29 is 22.0 Å².